The predicted molar refractivity (Wildman–Crippen MR) is 100 cm³/mol. The monoisotopic (exact) mass is 424 g/mol. The van der Waals surface area contributed by atoms with E-state index in [-0.39, 0.29) is 16.1 Å². The molecule has 152 valence electrons. The van der Waals surface area contributed by atoms with Crippen molar-refractivity contribution >= 4 is 15.7 Å². The van der Waals surface area contributed by atoms with Crippen LogP contribution in [0.2, 0.25) is 0 Å². The molecule has 0 amide bonds. The molecule has 0 aliphatic carbocycles. The van der Waals surface area contributed by atoms with Crippen LogP contribution in [-0.2, 0) is 22.7 Å². The van der Waals surface area contributed by atoms with Crippen LogP contribution in [0.3, 0.4) is 0 Å². The van der Waals surface area contributed by atoms with Crippen molar-refractivity contribution in [3.63, 3.8) is 0 Å². The maximum Gasteiger partial charge on any atom is 0.419 e. The van der Waals surface area contributed by atoms with Gasteiger partial charge in [-0.1, -0.05) is 24.3 Å². The van der Waals surface area contributed by atoms with Crippen molar-refractivity contribution in [1.82, 2.24) is 4.98 Å². The Kier molecular flexibility index (Phi) is 5.61. The molecule has 0 N–H and O–H groups in total. The first-order valence-electron chi connectivity index (χ1n) is 8.44. The number of halogens is 4. The van der Waals surface area contributed by atoms with Gasteiger partial charge in [0.25, 0.3) is 10.0 Å². The molecule has 3 aromatic rings. The molecule has 0 aliphatic rings. The zero-order valence-corrected chi connectivity index (χ0v) is 16.0. The van der Waals surface area contributed by atoms with Gasteiger partial charge in [0.2, 0.25) is 0 Å². The normalized spacial score (nSPS) is 12.0. The minimum absolute atomic E-state index is 0.0141. The molecule has 0 bridgehead atoms. The van der Waals surface area contributed by atoms with Crippen molar-refractivity contribution in [2.75, 3.05) is 4.31 Å². The van der Waals surface area contributed by atoms with Crippen LogP contribution in [0.1, 0.15) is 16.7 Å². The first-order valence-corrected chi connectivity index (χ1v) is 9.88. The van der Waals surface area contributed by atoms with Gasteiger partial charge in [0.1, 0.15) is 5.82 Å². The number of aryl methyl sites for hydroxylation is 1. The maximum atomic E-state index is 13.6. The molecule has 0 fully saturated rings. The molecule has 0 spiro atoms. The molecule has 0 radical (unpaired) electrons. The molecule has 29 heavy (non-hydrogen) atoms. The van der Waals surface area contributed by atoms with Gasteiger partial charge in [0.15, 0.2) is 0 Å². The van der Waals surface area contributed by atoms with Crippen molar-refractivity contribution in [2.45, 2.75) is 24.5 Å². The highest BCUT2D eigenvalue weighted by molar-refractivity contribution is 7.92. The molecular weight excluding hydrogens is 408 g/mol. The first kappa shape index (κ1) is 20.8. The van der Waals surface area contributed by atoms with E-state index >= 15 is 0 Å². The number of nitrogens with zero attached hydrogens (tertiary/aromatic N) is 2. The van der Waals surface area contributed by atoms with E-state index in [9.17, 15) is 26.0 Å². The fourth-order valence-corrected chi connectivity index (χ4v) is 4.22. The molecule has 1 heterocycles. The van der Waals surface area contributed by atoms with E-state index in [4.69, 9.17) is 0 Å². The van der Waals surface area contributed by atoms with Gasteiger partial charge in [-0.15, -0.1) is 0 Å². The van der Waals surface area contributed by atoms with E-state index in [0.29, 0.717) is 17.7 Å². The highest BCUT2D eigenvalue weighted by atomic mass is 32.2. The lowest BCUT2D eigenvalue weighted by Gasteiger charge is -2.25. The topological polar surface area (TPSA) is 50.3 Å². The summed E-state index contributed by atoms with van der Waals surface area (Å²) < 4.78 is 80.1. The lowest BCUT2D eigenvalue weighted by molar-refractivity contribution is -0.140. The molecule has 0 saturated carbocycles. The Morgan fingerprint density at radius 2 is 1.69 bits per heavy atom. The van der Waals surface area contributed by atoms with E-state index in [0.717, 1.165) is 10.4 Å². The highest BCUT2D eigenvalue weighted by Crippen LogP contribution is 2.33. The van der Waals surface area contributed by atoms with Crippen molar-refractivity contribution < 1.29 is 26.0 Å². The number of hydrogen-bond donors (Lipinski definition) is 0. The van der Waals surface area contributed by atoms with Crippen LogP contribution in [0.15, 0.2) is 71.9 Å². The van der Waals surface area contributed by atoms with Crippen LogP contribution in [0.5, 0.6) is 0 Å². The van der Waals surface area contributed by atoms with Crippen LogP contribution in [0.25, 0.3) is 0 Å². The summed E-state index contributed by atoms with van der Waals surface area (Å²) in [6.45, 7) is 1.29. The van der Waals surface area contributed by atoms with Crippen molar-refractivity contribution in [3.8, 4) is 0 Å². The van der Waals surface area contributed by atoms with Gasteiger partial charge in [0.05, 0.1) is 28.9 Å². The number of anilines is 1. The average Bonchev–Trinajstić information content (AvgIpc) is 2.67. The minimum Gasteiger partial charge on any atom is -0.262 e. The van der Waals surface area contributed by atoms with Gasteiger partial charge < -0.3 is 0 Å². The van der Waals surface area contributed by atoms with Gasteiger partial charge in [-0.25, -0.2) is 12.8 Å². The lowest BCUT2D eigenvalue weighted by Crippen LogP contribution is -2.31. The van der Waals surface area contributed by atoms with Crippen LogP contribution < -0.4 is 4.31 Å². The molecule has 0 saturated heterocycles. The van der Waals surface area contributed by atoms with E-state index in [2.05, 4.69) is 4.98 Å². The fraction of sp³-hybridized carbons (Fsp3) is 0.150. The number of aromatic nitrogens is 1. The number of alkyl halides is 3. The van der Waals surface area contributed by atoms with E-state index in [1.807, 2.05) is 0 Å². The lowest BCUT2D eigenvalue weighted by atomic mass is 10.1. The Hall–Kier alpha value is -2.94. The Morgan fingerprint density at radius 3 is 2.31 bits per heavy atom. The number of benzene rings is 2. The maximum absolute atomic E-state index is 13.6. The molecule has 9 heteroatoms. The van der Waals surface area contributed by atoms with Gasteiger partial charge >= 0.3 is 6.18 Å². The summed E-state index contributed by atoms with van der Waals surface area (Å²) in [5.41, 5.74) is -0.605. The molecule has 3 rings (SSSR count). The number of rotatable bonds is 5. The van der Waals surface area contributed by atoms with Crippen molar-refractivity contribution in [2.24, 2.45) is 0 Å². The Balaban J connectivity index is 2.10. The van der Waals surface area contributed by atoms with E-state index < -0.39 is 34.1 Å². The van der Waals surface area contributed by atoms with Gasteiger partial charge in [0, 0.05) is 6.20 Å². The summed E-state index contributed by atoms with van der Waals surface area (Å²) in [6, 6.07) is 11.5. The molecular formula is C20H16F4N2O2S. The number of pyridine rings is 1. The summed E-state index contributed by atoms with van der Waals surface area (Å²) in [4.78, 5) is 3.95. The number of hydrogen-bond acceptors (Lipinski definition) is 3. The van der Waals surface area contributed by atoms with Crippen LogP contribution >= 0.6 is 0 Å². The third-order valence-corrected chi connectivity index (χ3v) is 5.93. The average molecular weight is 424 g/mol. The fourth-order valence-electron chi connectivity index (χ4n) is 2.76. The molecule has 1 aromatic heterocycles. The smallest absolute Gasteiger partial charge is 0.262 e. The summed E-state index contributed by atoms with van der Waals surface area (Å²) in [5, 5.41) is 0. The summed E-state index contributed by atoms with van der Waals surface area (Å²) in [6.07, 6.45) is -2.06. The second-order valence-electron chi connectivity index (χ2n) is 6.36. The van der Waals surface area contributed by atoms with Crippen molar-refractivity contribution in [3.05, 3.63) is 89.5 Å². The summed E-state index contributed by atoms with van der Waals surface area (Å²) in [5.74, 6) is -1.42. The SMILES string of the molecule is Cc1cncc(N(Cc2ccc(F)c(C(F)(F)F)c2)S(=O)(=O)c2ccccc2)c1. The second-order valence-corrected chi connectivity index (χ2v) is 8.22. The standard InChI is InChI=1S/C20H16F4N2O2S/c1-14-9-16(12-25-11-14)26(29(27,28)17-5-3-2-4-6-17)13-15-7-8-19(21)18(10-15)20(22,23)24/h2-12H,13H2,1H3. The second kappa shape index (κ2) is 7.82. The minimum atomic E-state index is -4.89. The Bertz CT molecular complexity index is 1120. The van der Waals surface area contributed by atoms with Crippen molar-refractivity contribution in [1.29, 1.82) is 0 Å². The molecule has 4 nitrogen and oxygen atoms in total. The molecule has 2 aromatic carbocycles. The van der Waals surface area contributed by atoms with Crippen LogP contribution in [0, 0.1) is 12.7 Å². The van der Waals surface area contributed by atoms with Crippen LogP contribution in [0.4, 0.5) is 23.2 Å². The Labute approximate surface area is 165 Å². The Morgan fingerprint density at radius 1 is 1.00 bits per heavy atom. The highest BCUT2D eigenvalue weighted by Gasteiger charge is 2.35. The quantitative estimate of drug-likeness (QED) is 0.545. The van der Waals surface area contributed by atoms with E-state index in [1.54, 1.807) is 31.2 Å². The zero-order chi connectivity index (χ0) is 21.2. The van der Waals surface area contributed by atoms with Gasteiger partial charge in [-0.2, -0.15) is 13.2 Å². The molecule has 0 unspecified atom stereocenters. The first-order chi connectivity index (χ1) is 13.6. The number of sulfonamides is 1. The summed E-state index contributed by atoms with van der Waals surface area (Å²) in [7, 11) is -4.11. The van der Waals surface area contributed by atoms with Gasteiger partial charge in [-0.05, 0) is 48.4 Å². The van der Waals surface area contributed by atoms with Crippen LogP contribution in [-0.4, -0.2) is 13.4 Å². The van der Waals surface area contributed by atoms with Gasteiger partial charge in [-0.3, -0.25) is 9.29 Å². The third kappa shape index (κ3) is 4.56. The third-order valence-electron chi connectivity index (χ3n) is 4.14. The molecule has 0 atom stereocenters. The van der Waals surface area contributed by atoms with E-state index in [1.165, 1.54) is 24.5 Å². The largest absolute Gasteiger partial charge is 0.419 e. The molecule has 0 aliphatic heterocycles. The predicted octanol–water partition coefficient (Wildman–Crippen LogP) is 4.94. The zero-order valence-electron chi connectivity index (χ0n) is 15.2. The summed E-state index contributed by atoms with van der Waals surface area (Å²) >= 11 is 0.